The molecule has 0 aliphatic rings. The number of methoxy groups -OCH3 is 2. The van der Waals surface area contributed by atoms with E-state index in [9.17, 15) is 0 Å². The second-order valence-corrected chi connectivity index (χ2v) is 3.78. The summed E-state index contributed by atoms with van der Waals surface area (Å²) in [5.41, 5.74) is 0. The van der Waals surface area contributed by atoms with Crippen LogP contribution in [0.3, 0.4) is 0 Å². The Morgan fingerprint density at radius 1 is 1.13 bits per heavy atom. The highest BCUT2D eigenvalue weighted by atomic mass is 79.9. The molecule has 0 spiro atoms. The van der Waals surface area contributed by atoms with Gasteiger partial charge in [0.1, 0.15) is 16.1 Å². The zero-order chi connectivity index (χ0) is 10.8. The van der Waals surface area contributed by atoms with E-state index < -0.39 is 0 Å². The molecule has 0 saturated heterocycles. The van der Waals surface area contributed by atoms with E-state index in [0.717, 1.165) is 26.9 Å². The fraction of sp³-hybridized carbons (Fsp3) is 0.182. The van der Waals surface area contributed by atoms with Crippen LogP contribution in [0.4, 0.5) is 0 Å². The van der Waals surface area contributed by atoms with Gasteiger partial charge in [-0.15, -0.1) is 0 Å². The molecule has 0 N–H and O–H groups in total. The molecule has 3 nitrogen and oxygen atoms in total. The lowest BCUT2D eigenvalue weighted by Gasteiger charge is -2.08. The zero-order valence-electron chi connectivity index (χ0n) is 8.45. The van der Waals surface area contributed by atoms with Crippen molar-refractivity contribution in [3.05, 3.63) is 29.0 Å². The second kappa shape index (κ2) is 4.06. The van der Waals surface area contributed by atoms with E-state index in [0.29, 0.717) is 0 Å². The van der Waals surface area contributed by atoms with Gasteiger partial charge in [-0.05, 0) is 28.1 Å². The fourth-order valence-corrected chi connectivity index (χ4v) is 1.92. The Balaban J connectivity index is 2.80. The Morgan fingerprint density at radius 2 is 1.93 bits per heavy atom. The molecule has 0 unspecified atom stereocenters. The number of rotatable bonds is 2. The normalized spacial score (nSPS) is 10.3. The van der Waals surface area contributed by atoms with Crippen molar-refractivity contribution in [1.82, 2.24) is 4.98 Å². The molecule has 2 rings (SSSR count). The first-order valence-corrected chi connectivity index (χ1v) is 5.22. The van der Waals surface area contributed by atoms with E-state index in [4.69, 9.17) is 9.47 Å². The van der Waals surface area contributed by atoms with Crippen LogP contribution < -0.4 is 9.47 Å². The summed E-state index contributed by atoms with van der Waals surface area (Å²) >= 11 is 3.40. The first-order chi connectivity index (χ1) is 7.26. The summed E-state index contributed by atoms with van der Waals surface area (Å²) in [7, 11) is 3.27. The SMILES string of the molecule is COc1cc(OC)c2ccnc(Br)c2c1. The molecule has 0 aliphatic carbocycles. The molecule has 0 amide bonds. The third-order valence-corrected chi connectivity index (χ3v) is 2.85. The van der Waals surface area contributed by atoms with Crippen molar-refractivity contribution in [1.29, 1.82) is 0 Å². The van der Waals surface area contributed by atoms with Crippen LogP contribution >= 0.6 is 15.9 Å². The number of aromatic nitrogens is 1. The molecule has 0 atom stereocenters. The molecule has 2 aromatic rings. The van der Waals surface area contributed by atoms with Gasteiger partial charge in [0.2, 0.25) is 0 Å². The van der Waals surface area contributed by atoms with Crippen LogP contribution in [0.2, 0.25) is 0 Å². The van der Waals surface area contributed by atoms with E-state index in [-0.39, 0.29) is 0 Å². The highest BCUT2D eigenvalue weighted by Crippen LogP contribution is 2.33. The third kappa shape index (κ3) is 1.77. The number of hydrogen-bond acceptors (Lipinski definition) is 3. The summed E-state index contributed by atoms with van der Waals surface area (Å²) in [6, 6.07) is 5.70. The molecule has 1 heterocycles. The smallest absolute Gasteiger partial charge is 0.130 e. The maximum Gasteiger partial charge on any atom is 0.130 e. The summed E-state index contributed by atoms with van der Waals surface area (Å²) in [5.74, 6) is 1.54. The zero-order valence-corrected chi connectivity index (χ0v) is 10.0. The highest BCUT2D eigenvalue weighted by molar-refractivity contribution is 9.10. The minimum atomic E-state index is 0.757. The maximum absolute atomic E-state index is 5.30. The van der Waals surface area contributed by atoms with Crippen molar-refractivity contribution in [2.45, 2.75) is 0 Å². The van der Waals surface area contributed by atoms with Crippen LogP contribution in [-0.4, -0.2) is 19.2 Å². The average molecular weight is 268 g/mol. The van der Waals surface area contributed by atoms with Crippen LogP contribution in [-0.2, 0) is 0 Å². The van der Waals surface area contributed by atoms with Gasteiger partial charge in [-0.3, -0.25) is 0 Å². The minimum Gasteiger partial charge on any atom is -0.497 e. The van der Waals surface area contributed by atoms with E-state index >= 15 is 0 Å². The molecule has 0 saturated carbocycles. The van der Waals surface area contributed by atoms with Crippen LogP contribution in [0.5, 0.6) is 11.5 Å². The predicted molar refractivity (Wildman–Crippen MR) is 62.5 cm³/mol. The molecule has 78 valence electrons. The average Bonchev–Trinajstić information content (AvgIpc) is 2.28. The number of halogens is 1. The van der Waals surface area contributed by atoms with Gasteiger partial charge in [-0.1, -0.05) is 0 Å². The minimum absolute atomic E-state index is 0.757. The first kappa shape index (κ1) is 10.2. The lowest BCUT2D eigenvalue weighted by Crippen LogP contribution is -1.90. The van der Waals surface area contributed by atoms with Gasteiger partial charge in [0, 0.05) is 23.0 Å². The van der Waals surface area contributed by atoms with Crippen molar-refractivity contribution < 1.29 is 9.47 Å². The van der Waals surface area contributed by atoms with E-state index in [1.807, 2.05) is 18.2 Å². The topological polar surface area (TPSA) is 31.4 Å². The van der Waals surface area contributed by atoms with Crippen molar-refractivity contribution in [3.8, 4) is 11.5 Å². The van der Waals surface area contributed by atoms with Crippen molar-refractivity contribution in [2.75, 3.05) is 14.2 Å². The molecule has 0 bridgehead atoms. The monoisotopic (exact) mass is 267 g/mol. The molecule has 0 fully saturated rings. The summed E-state index contributed by atoms with van der Waals surface area (Å²) in [5, 5.41) is 1.99. The van der Waals surface area contributed by atoms with Gasteiger partial charge in [-0.25, -0.2) is 4.98 Å². The van der Waals surface area contributed by atoms with E-state index in [2.05, 4.69) is 20.9 Å². The standard InChI is InChI=1S/C11H10BrNO2/c1-14-7-5-9-8(10(6-7)15-2)3-4-13-11(9)12/h3-6H,1-2H3. The molecule has 15 heavy (non-hydrogen) atoms. The number of nitrogens with zero attached hydrogens (tertiary/aromatic N) is 1. The molecular weight excluding hydrogens is 258 g/mol. The maximum atomic E-state index is 5.30. The van der Waals surface area contributed by atoms with E-state index in [1.54, 1.807) is 20.4 Å². The molecular formula is C11H10BrNO2. The fourth-order valence-electron chi connectivity index (χ4n) is 1.48. The Kier molecular flexibility index (Phi) is 2.77. The molecule has 1 aromatic heterocycles. The summed E-state index contributed by atoms with van der Waals surface area (Å²) < 4.78 is 11.3. The largest absolute Gasteiger partial charge is 0.497 e. The lowest BCUT2D eigenvalue weighted by molar-refractivity contribution is 0.398. The quantitative estimate of drug-likeness (QED) is 0.784. The van der Waals surface area contributed by atoms with Crippen molar-refractivity contribution >= 4 is 26.7 Å². The van der Waals surface area contributed by atoms with Gasteiger partial charge in [-0.2, -0.15) is 0 Å². The summed E-state index contributed by atoms with van der Waals surface area (Å²) in [6.07, 6.45) is 1.74. The molecule has 4 heteroatoms. The Bertz CT molecular complexity index is 499. The Hall–Kier alpha value is -1.29. The van der Waals surface area contributed by atoms with Gasteiger partial charge in [0.05, 0.1) is 14.2 Å². The lowest BCUT2D eigenvalue weighted by atomic mass is 10.1. The summed E-state index contributed by atoms with van der Waals surface area (Å²) in [6.45, 7) is 0. The number of pyridine rings is 1. The number of benzene rings is 1. The van der Waals surface area contributed by atoms with Gasteiger partial charge in [0.15, 0.2) is 0 Å². The van der Waals surface area contributed by atoms with Crippen LogP contribution in [0, 0.1) is 0 Å². The Morgan fingerprint density at radius 3 is 2.60 bits per heavy atom. The van der Waals surface area contributed by atoms with Crippen molar-refractivity contribution in [3.63, 3.8) is 0 Å². The summed E-state index contributed by atoms with van der Waals surface area (Å²) in [4.78, 5) is 4.16. The van der Waals surface area contributed by atoms with Crippen LogP contribution in [0.15, 0.2) is 29.0 Å². The second-order valence-electron chi connectivity index (χ2n) is 3.03. The van der Waals surface area contributed by atoms with Crippen molar-refractivity contribution in [2.24, 2.45) is 0 Å². The molecule has 1 aromatic carbocycles. The predicted octanol–water partition coefficient (Wildman–Crippen LogP) is 3.01. The number of fused-ring (bicyclic) bond motifs is 1. The Labute approximate surface area is 96.2 Å². The van der Waals surface area contributed by atoms with Crippen LogP contribution in [0.25, 0.3) is 10.8 Å². The number of hydrogen-bond donors (Lipinski definition) is 0. The number of ether oxygens (including phenoxy) is 2. The van der Waals surface area contributed by atoms with E-state index in [1.165, 1.54) is 0 Å². The van der Waals surface area contributed by atoms with Gasteiger partial charge >= 0.3 is 0 Å². The first-order valence-electron chi connectivity index (χ1n) is 4.42. The van der Waals surface area contributed by atoms with Crippen LogP contribution in [0.1, 0.15) is 0 Å². The highest BCUT2D eigenvalue weighted by Gasteiger charge is 2.07. The molecule has 0 aliphatic heterocycles. The van der Waals surface area contributed by atoms with Gasteiger partial charge in [0.25, 0.3) is 0 Å². The molecule has 0 radical (unpaired) electrons. The third-order valence-electron chi connectivity index (χ3n) is 2.22. The van der Waals surface area contributed by atoms with Gasteiger partial charge < -0.3 is 9.47 Å².